The van der Waals surface area contributed by atoms with Crippen LogP contribution in [0.5, 0.6) is 0 Å². The van der Waals surface area contributed by atoms with Gasteiger partial charge in [-0.25, -0.2) is 9.67 Å². The van der Waals surface area contributed by atoms with Crippen LogP contribution < -0.4 is 5.32 Å². The zero-order chi connectivity index (χ0) is 17.8. The van der Waals surface area contributed by atoms with E-state index < -0.39 is 0 Å². The third kappa shape index (κ3) is 4.70. The molecule has 1 N–H and O–H groups in total. The second kappa shape index (κ2) is 8.15. The molecule has 8 heteroatoms. The summed E-state index contributed by atoms with van der Waals surface area (Å²) in [6.07, 6.45) is 3.75. The summed E-state index contributed by atoms with van der Waals surface area (Å²) in [4.78, 5) is 4.59. The van der Waals surface area contributed by atoms with Crippen molar-refractivity contribution in [3.63, 3.8) is 0 Å². The van der Waals surface area contributed by atoms with Crippen LogP contribution in [-0.4, -0.2) is 19.8 Å². The molecule has 1 aromatic heterocycles. The van der Waals surface area contributed by atoms with E-state index in [4.69, 9.17) is 47.0 Å². The highest BCUT2D eigenvalue weighted by Crippen LogP contribution is 2.27. The van der Waals surface area contributed by atoms with Gasteiger partial charge in [-0.15, -0.1) is 0 Å². The van der Waals surface area contributed by atoms with Crippen molar-refractivity contribution in [3.8, 4) is 0 Å². The number of benzene rings is 2. The number of halogens is 3. The topological polar surface area (TPSA) is 42.7 Å². The van der Waals surface area contributed by atoms with Crippen LogP contribution in [-0.2, 0) is 6.42 Å². The number of nitrogens with one attached hydrogen (secondary N) is 1. The van der Waals surface area contributed by atoms with Gasteiger partial charge >= 0.3 is 0 Å². The van der Waals surface area contributed by atoms with Crippen LogP contribution >= 0.6 is 47.0 Å². The summed E-state index contributed by atoms with van der Waals surface area (Å²) in [6.45, 7) is 0. The van der Waals surface area contributed by atoms with E-state index in [1.807, 2.05) is 24.3 Å². The van der Waals surface area contributed by atoms with Gasteiger partial charge in [-0.1, -0.05) is 59.2 Å². The molecule has 25 heavy (non-hydrogen) atoms. The lowest BCUT2D eigenvalue weighted by Gasteiger charge is -2.20. The summed E-state index contributed by atoms with van der Waals surface area (Å²) in [5, 5.41) is 9.16. The first kappa shape index (κ1) is 18.1. The molecule has 0 radical (unpaired) electrons. The zero-order valence-corrected chi connectivity index (χ0v) is 15.9. The largest absolute Gasteiger partial charge is 0.347 e. The van der Waals surface area contributed by atoms with Crippen molar-refractivity contribution in [2.75, 3.05) is 5.32 Å². The number of hydrogen-bond acceptors (Lipinski definition) is 3. The maximum absolute atomic E-state index is 6.22. The molecule has 4 nitrogen and oxygen atoms in total. The summed E-state index contributed by atoms with van der Waals surface area (Å²) in [5.74, 6) is 0. The number of aromatic nitrogens is 3. The molecular formula is C17H13Cl3N4S. The fourth-order valence-electron chi connectivity index (χ4n) is 2.34. The van der Waals surface area contributed by atoms with Crippen LogP contribution in [0.2, 0.25) is 15.1 Å². The summed E-state index contributed by atoms with van der Waals surface area (Å²) in [6, 6.07) is 12.6. The van der Waals surface area contributed by atoms with Crippen molar-refractivity contribution in [3.05, 3.63) is 75.8 Å². The summed E-state index contributed by atoms with van der Waals surface area (Å²) in [5.41, 5.74) is 1.77. The van der Waals surface area contributed by atoms with E-state index in [0.717, 1.165) is 5.56 Å². The molecule has 0 aliphatic heterocycles. The monoisotopic (exact) mass is 410 g/mol. The molecule has 1 atom stereocenters. The Morgan fingerprint density at radius 2 is 1.80 bits per heavy atom. The molecule has 0 saturated heterocycles. The molecule has 128 valence electrons. The normalized spacial score (nSPS) is 12.0. The minimum Gasteiger partial charge on any atom is -0.347 e. The van der Waals surface area contributed by atoms with Crippen LogP contribution in [0.4, 0.5) is 5.69 Å². The Labute approximate surface area is 165 Å². The van der Waals surface area contributed by atoms with Gasteiger partial charge in [0.15, 0.2) is 0 Å². The third-order valence-electron chi connectivity index (χ3n) is 3.59. The van der Waals surface area contributed by atoms with Gasteiger partial charge in [0.1, 0.15) is 23.7 Å². The molecule has 0 aliphatic rings. The molecular weight excluding hydrogens is 399 g/mol. The Hall–Kier alpha value is -1.66. The van der Waals surface area contributed by atoms with Gasteiger partial charge in [0, 0.05) is 16.5 Å². The number of thiocarbonyl (C=S) groups is 1. The maximum Gasteiger partial charge on any atom is 0.137 e. The maximum atomic E-state index is 6.22. The highest BCUT2D eigenvalue weighted by Gasteiger charge is 2.19. The molecule has 3 aromatic rings. The third-order valence-corrected chi connectivity index (χ3v) is 4.76. The van der Waals surface area contributed by atoms with Crippen molar-refractivity contribution in [1.29, 1.82) is 0 Å². The summed E-state index contributed by atoms with van der Waals surface area (Å²) < 4.78 is 1.72. The molecule has 0 bridgehead atoms. The van der Waals surface area contributed by atoms with Gasteiger partial charge in [0.25, 0.3) is 0 Å². The predicted molar refractivity (Wildman–Crippen MR) is 107 cm³/mol. The first-order chi connectivity index (χ1) is 12.0. The second-order valence-corrected chi connectivity index (χ2v) is 7.06. The van der Waals surface area contributed by atoms with Crippen molar-refractivity contribution in [2.45, 2.75) is 12.5 Å². The SMILES string of the molecule is S=C(Nc1ccc(Cl)cc1Cl)C(Cc1ccc(Cl)cc1)n1cncn1. The highest BCUT2D eigenvalue weighted by molar-refractivity contribution is 7.80. The Kier molecular flexibility index (Phi) is 5.91. The molecule has 1 unspecified atom stereocenters. The van der Waals surface area contributed by atoms with Crippen molar-refractivity contribution < 1.29 is 0 Å². The number of rotatable bonds is 5. The molecule has 0 aliphatic carbocycles. The van der Waals surface area contributed by atoms with Crippen molar-refractivity contribution >= 4 is 57.7 Å². The number of nitrogens with zero attached hydrogens (tertiary/aromatic N) is 3. The van der Waals surface area contributed by atoms with E-state index in [1.54, 1.807) is 29.2 Å². The van der Waals surface area contributed by atoms with Crippen LogP contribution in [0.3, 0.4) is 0 Å². The Morgan fingerprint density at radius 3 is 2.44 bits per heavy atom. The first-order valence-corrected chi connectivity index (χ1v) is 8.91. The molecule has 0 amide bonds. The summed E-state index contributed by atoms with van der Waals surface area (Å²) in [7, 11) is 0. The highest BCUT2D eigenvalue weighted by atomic mass is 35.5. The average Bonchev–Trinajstić information content (AvgIpc) is 3.11. The molecule has 0 saturated carbocycles. The number of hydrogen-bond donors (Lipinski definition) is 1. The summed E-state index contributed by atoms with van der Waals surface area (Å²) >= 11 is 23.7. The zero-order valence-electron chi connectivity index (χ0n) is 12.9. The van der Waals surface area contributed by atoms with Gasteiger partial charge in [0.05, 0.1) is 10.7 Å². The second-order valence-electron chi connectivity index (χ2n) is 5.34. The average molecular weight is 412 g/mol. The van der Waals surface area contributed by atoms with E-state index in [1.165, 1.54) is 6.33 Å². The van der Waals surface area contributed by atoms with Gasteiger partial charge in [-0.05, 0) is 35.9 Å². The Bertz CT molecular complexity index is 866. The van der Waals surface area contributed by atoms with E-state index in [0.29, 0.717) is 32.2 Å². The van der Waals surface area contributed by atoms with E-state index in [-0.39, 0.29) is 6.04 Å². The Morgan fingerprint density at radius 1 is 1.08 bits per heavy atom. The van der Waals surface area contributed by atoms with Gasteiger partial charge in [0.2, 0.25) is 0 Å². The van der Waals surface area contributed by atoms with Gasteiger partial charge < -0.3 is 5.32 Å². The van der Waals surface area contributed by atoms with Crippen LogP contribution in [0.25, 0.3) is 0 Å². The van der Waals surface area contributed by atoms with E-state index in [9.17, 15) is 0 Å². The molecule has 0 spiro atoms. The molecule has 1 heterocycles. The minimum absolute atomic E-state index is 0.217. The Balaban J connectivity index is 1.83. The lowest BCUT2D eigenvalue weighted by atomic mass is 10.1. The van der Waals surface area contributed by atoms with Crippen molar-refractivity contribution in [2.24, 2.45) is 0 Å². The van der Waals surface area contributed by atoms with Crippen molar-refractivity contribution in [1.82, 2.24) is 14.8 Å². The van der Waals surface area contributed by atoms with Crippen LogP contribution in [0, 0.1) is 0 Å². The molecule has 2 aromatic carbocycles. The minimum atomic E-state index is -0.217. The fraction of sp³-hybridized carbons (Fsp3) is 0.118. The van der Waals surface area contributed by atoms with Gasteiger partial charge in [-0.3, -0.25) is 0 Å². The molecule has 0 fully saturated rings. The van der Waals surface area contributed by atoms with Crippen LogP contribution in [0.15, 0.2) is 55.1 Å². The van der Waals surface area contributed by atoms with Gasteiger partial charge in [-0.2, -0.15) is 5.10 Å². The smallest absolute Gasteiger partial charge is 0.137 e. The predicted octanol–water partition coefficient (Wildman–Crippen LogP) is 5.46. The number of anilines is 1. The van der Waals surface area contributed by atoms with Crippen LogP contribution in [0.1, 0.15) is 11.6 Å². The van der Waals surface area contributed by atoms with E-state index in [2.05, 4.69) is 15.4 Å². The standard InChI is InChI=1S/C17H13Cl3N4S/c18-12-3-1-11(2-4-12)7-16(24-10-21-9-22-24)17(25)23-15-6-5-13(19)8-14(15)20/h1-6,8-10,16H,7H2,(H,23,25). The first-order valence-electron chi connectivity index (χ1n) is 7.37. The van der Waals surface area contributed by atoms with E-state index >= 15 is 0 Å². The lowest BCUT2D eigenvalue weighted by molar-refractivity contribution is 0.566. The fourth-order valence-corrected chi connectivity index (χ4v) is 3.22. The molecule has 3 rings (SSSR count). The quantitative estimate of drug-likeness (QED) is 0.566. The lowest BCUT2D eigenvalue weighted by Crippen LogP contribution is -2.27.